The predicted molar refractivity (Wildman–Crippen MR) is 114 cm³/mol. The average Bonchev–Trinajstić information content (AvgIpc) is 2.71. The van der Waals surface area contributed by atoms with Crippen LogP contribution in [0.1, 0.15) is 58.1 Å². The lowest BCUT2D eigenvalue weighted by Crippen LogP contribution is -2.54. The van der Waals surface area contributed by atoms with Crippen molar-refractivity contribution in [3.8, 4) is 0 Å². The van der Waals surface area contributed by atoms with E-state index >= 15 is 0 Å². The van der Waals surface area contributed by atoms with Crippen LogP contribution in [0.4, 0.5) is 4.79 Å². The van der Waals surface area contributed by atoms with E-state index in [2.05, 4.69) is 31.4 Å². The molecule has 2 N–H and O–H groups in total. The number of rotatable bonds is 5. The first-order valence-electron chi connectivity index (χ1n) is 9.98. The number of methoxy groups -OCH3 is 1. The SMILES string of the molecule is COC(=O)NN(C(=O)C1CCCCC1C(=O)N[C@H](C)c1ccc(Br)cc1)C(C)C. The van der Waals surface area contributed by atoms with Gasteiger partial charge in [-0.1, -0.05) is 40.9 Å². The molecule has 1 aromatic carbocycles. The molecule has 7 nitrogen and oxygen atoms in total. The summed E-state index contributed by atoms with van der Waals surface area (Å²) < 4.78 is 5.60. The summed E-state index contributed by atoms with van der Waals surface area (Å²) in [6, 6.07) is 7.36. The van der Waals surface area contributed by atoms with Crippen molar-refractivity contribution in [3.63, 3.8) is 0 Å². The third-order valence-corrected chi connectivity index (χ3v) is 5.83. The molecule has 1 fully saturated rings. The maximum atomic E-state index is 13.2. The monoisotopic (exact) mass is 467 g/mol. The summed E-state index contributed by atoms with van der Waals surface area (Å²) >= 11 is 3.41. The minimum absolute atomic E-state index is 0.125. The molecule has 2 unspecified atom stereocenters. The molecule has 0 radical (unpaired) electrons. The van der Waals surface area contributed by atoms with E-state index in [0.717, 1.165) is 22.9 Å². The number of amides is 3. The molecular formula is C21H30BrN3O4. The molecule has 1 saturated carbocycles. The number of hydrogen-bond acceptors (Lipinski definition) is 4. The molecule has 3 atom stereocenters. The topological polar surface area (TPSA) is 87.7 Å². The van der Waals surface area contributed by atoms with Crippen molar-refractivity contribution >= 4 is 33.8 Å². The number of nitrogens with zero attached hydrogens (tertiary/aromatic N) is 1. The van der Waals surface area contributed by atoms with Gasteiger partial charge < -0.3 is 10.1 Å². The van der Waals surface area contributed by atoms with Crippen LogP contribution in [0.15, 0.2) is 28.7 Å². The van der Waals surface area contributed by atoms with E-state index < -0.39 is 17.9 Å². The van der Waals surface area contributed by atoms with Gasteiger partial charge in [-0.3, -0.25) is 9.59 Å². The van der Waals surface area contributed by atoms with Crippen LogP contribution in [-0.4, -0.2) is 36.1 Å². The van der Waals surface area contributed by atoms with Crippen LogP contribution in [0.2, 0.25) is 0 Å². The Bertz CT molecular complexity index is 723. The Morgan fingerprint density at radius 1 is 1.07 bits per heavy atom. The van der Waals surface area contributed by atoms with Crippen molar-refractivity contribution < 1.29 is 19.1 Å². The third-order valence-electron chi connectivity index (χ3n) is 5.30. The highest BCUT2D eigenvalue weighted by molar-refractivity contribution is 9.10. The number of carbonyl (C=O) groups is 3. The second-order valence-electron chi connectivity index (χ2n) is 7.68. The van der Waals surface area contributed by atoms with Crippen molar-refractivity contribution in [2.75, 3.05) is 7.11 Å². The van der Waals surface area contributed by atoms with Crippen LogP contribution in [0.3, 0.4) is 0 Å². The van der Waals surface area contributed by atoms with Crippen molar-refractivity contribution in [1.29, 1.82) is 0 Å². The van der Waals surface area contributed by atoms with Gasteiger partial charge in [0.15, 0.2) is 0 Å². The Hall–Kier alpha value is -2.09. The Kier molecular flexibility index (Phi) is 8.49. The maximum Gasteiger partial charge on any atom is 0.425 e. The van der Waals surface area contributed by atoms with Gasteiger partial charge in [-0.2, -0.15) is 0 Å². The Labute approximate surface area is 180 Å². The lowest BCUT2D eigenvalue weighted by Gasteiger charge is -2.35. The molecule has 1 aliphatic rings. The highest BCUT2D eigenvalue weighted by Crippen LogP contribution is 2.32. The van der Waals surface area contributed by atoms with Gasteiger partial charge in [0.1, 0.15) is 0 Å². The van der Waals surface area contributed by atoms with Gasteiger partial charge in [0.25, 0.3) is 0 Å². The van der Waals surface area contributed by atoms with E-state index in [1.165, 1.54) is 12.1 Å². The number of benzene rings is 1. The van der Waals surface area contributed by atoms with Gasteiger partial charge in [0.2, 0.25) is 11.8 Å². The molecule has 0 heterocycles. The standard InChI is InChI=1S/C21H30BrN3O4/c1-13(2)25(24-21(28)29-4)20(27)18-8-6-5-7-17(18)19(26)23-14(3)15-9-11-16(22)12-10-15/h9-14,17-18H,5-8H2,1-4H3,(H,23,26)(H,24,28)/t14-,17?,18?/m1/s1. The normalized spacial score (nSPS) is 19.9. The number of carbonyl (C=O) groups excluding carboxylic acids is 3. The summed E-state index contributed by atoms with van der Waals surface area (Å²) in [4.78, 5) is 37.8. The van der Waals surface area contributed by atoms with Gasteiger partial charge in [-0.25, -0.2) is 15.2 Å². The summed E-state index contributed by atoms with van der Waals surface area (Å²) in [5.41, 5.74) is 3.48. The fourth-order valence-corrected chi connectivity index (χ4v) is 3.92. The molecule has 29 heavy (non-hydrogen) atoms. The summed E-state index contributed by atoms with van der Waals surface area (Å²) in [6.07, 6.45) is 2.36. The maximum absolute atomic E-state index is 13.2. The summed E-state index contributed by atoms with van der Waals surface area (Å²) in [5, 5.41) is 4.33. The molecular weight excluding hydrogens is 438 g/mol. The first kappa shape index (κ1) is 23.2. The molecule has 0 bridgehead atoms. The molecule has 1 aliphatic carbocycles. The van der Waals surface area contributed by atoms with E-state index in [-0.39, 0.29) is 23.9 Å². The number of halogens is 1. The van der Waals surface area contributed by atoms with E-state index in [9.17, 15) is 14.4 Å². The fourth-order valence-electron chi connectivity index (χ4n) is 3.66. The van der Waals surface area contributed by atoms with Crippen molar-refractivity contribution in [2.45, 2.75) is 58.5 Å². The van der Waals surface area contributed by atoms with Crippen molar-refractivity contribution in [2.24, 2.45) is 11.8 Å². The minimum Gasteiger partial charge on any atom is -0.452 e. The molecule has 3 amide bonds. The molecule has 8 heteroatoms. The number of hydrazine groups is 1. The Morgan fingerprint density at radius 3 is 2.21 bits per heavy atom. The second-order valence-corrected chi connectivity index (χ2v) is 8.60. The predicted octanol–water partition coefficient (Wildman–Crippen LogP) is 3.94. The molecule has 0 aromatic heterocycles. The molecule has 0 aliphatic heterocycles. The molecule has 0 saturated heterocycles. The van der Waals surface area contributed by atoms with Crippen molar-refractivity contribution in [3.05, 3.63) is 34.3 Å². The van der Waals surface area contributed by atoms with E-state index in [0.29, 0.717) is 12.8 Å². The summed E-state index contributed by atoms with van der Waals surface area (Å²) in [7, 11) is 1.25. The fraction of sp³-hybridized carbons (Fsp3) is 0.571. The van der Waals surface area contributed by atoms with Gasteiger partial charge in [0, 0.05) is 16.4 Å². The Morgan fingerprint density at radius 2 is 1.66 bits per heavy atom. The van der Waals surface area contributed by atoms with Crippen LogP contribution in [0.25, 0.3) is 0 Å². The zero-order valence-electron chi connectivity index (χ0n) is 17.4. The van der Waals surface area contributed by atoms with Gasteiger partial charge in [0.05, 0.1) is 19.1 Å². The number of ether oxygens (including phenoxy) is 1. The second kappa shape index (κ2) is 10.6. The van der Waals surface area contributed by atoms with E-state index in [1.807, 2.05) is 31.2 Å². The number of hydrogen-bond donors (Lipinski definition) is 2. The zero-order chi connectivity index (χ0) is 21.6. The average molecular weight is 468 g/mol. The van der Waals surface area contributed by atoms with Gasteiger partial charge >= 0.3 is 6.09 Å². The van der Waals surface area contributed by atoms with E-state index in [1.54, 1.807) is 13.8 Å². The highest BCUT2D eigenvalue weighted by Gasteiger charge is 2.39. The zero-order valence-corrected chi connectivity index (χ0v) is 19.0. The van der Waals surface area contributed by atoms with Crippen LogP contribution in [0.5, 0.6) is 0 Å². The largest absolute Gasteiger partial charge is 0.452 e. The van der Waals surface area contributed by atoms with Crippen LogP contribution in [0, 0.1) is 11.8 Å². The van der Waals surface area contributed by atoms with Crippen LogP contribution >= 0.6 is 15.9 Å². The smallest absolute Gasteiger partial charge is 0.425 e. The first-order chi connectivity index (χ1) is 13.7. The molecule has 0 spiro atoms. The first-order valence-corrected chi connectivity index (χ1v) is 10.8. The van der Waals surface area contributed by atoms with Crippen LogP contribution in [-0.2, 0) is 14.3 Å². The lowest BCUT2D eigenvalue weighted by atomic mass is 9.77. The summed E-state index contributed by atoms with van der Waals surface area (Å²) in [6.45, 7) is 5.54. The minimum atomic E-state index is -0.701. The molecule has 1 aromatic rings. The highest BCUT2D eigenvalue weighted by atomic mass is 79.9. The Balaban J connectivity index is 2.12. The van der Waals surface area contributed by atoms with Gasteiger partial charge in [-0.05, 0) is 51.3 Å². The third kappa shape index (κ3) is 6.19. The van der Waals surface area contributed by atoms with E-state index in [4.69, 9.17) is 0 Å². The van der Waals surface area contributed by atoms with Crippen molar-refractivity contribution in [1.82, 2.24) is 15.8 Å². The number of nitrogens with one attached hydrogen (secondary N) is 2. The van der Waals surface area contributed by atoms with Crippen LogP contribution < -0.4 is 10.7 Å². The summed E-state index contributed by atoms with van der Waals surface area (Å²) in [5.74, 6) is -1.27. The van der Waals surface area contributed by atoms with Gasteiger partial charge in [-0.15, -0.1) is 0 Å². The quantitative estimate of drug-likeness (QED) is 0.641. The lowest BCUT2D eigenvalue weighted by molar-refractivity contribution is -0.147. The molecule has 2 rings (SSSR count). The molecule has 160 valence electrons.